The molecule has 1 amide bonds. The van der Waals surface area contributed by atoms with E-state index >= 15 is 0 Å². The van der Waals surface area contributed by atoms with Crippen molar-refractivity contribution in [1.29, 1.82) is 0 Å². The predicted molar refractivity (Wildman–Crippen MR) is 95.0 cm³/mol. The number of amides is 1. The largest absolute Gasteiger partial charge is 0.490 e. The molecule has 1 aromatic heterocycles. The zero-order valence-electron chi connectivity index (χ0n) is 13.5. The van der Waals surface area contributed by atoms with Gasteiger partial charge >= 0.3 is 0 Å². The van der Waals surface area contributed by atoms with Crippen LogP contribution < -0.4 is 4.74 Å². The van der Waals surface area contributed by atoms with Gasteiger partial charge in [-0.05, 0) is 36.4 Å². The van der Waals surface area contributed by atoms with Gasteiger partial charge in [0, 0.05) is 31.0 Å². The van der Waals surface area contributed by atoms with Crippen LogP contribution in [0.2, 0.25) is 5.02 Å². The molecule has 4 rings (SSSR count). The Morgan fingerprint density at radius 3 is 2.60 bits per heavy atom. The van der Waals surface area contributed by atoms with E-state index in [9.17, 15) is 4.79 Å². The molecule has 0 bridgehead atoms. The van der Waals surface area contributed by atoms with Crippen LogP contribution in [-0.4, -0.2) is 35.2 Å². The van der Waals surface area contributed by atoms with Crippen LogP contribution in [0.1, 0.15) is 23.4 Å². The number of ether oxygens (including phenoxy) is 1. The topological polar surface area (TPSA) is 55.6 Å². The number of piperidine rings is 1. The highest BCUT2D eigenvalue weighted by Gasteiger charge is 2.28. The number of aromatic nitrogens is 1. The van der Waals surface area contributed by atoms with E-state index < -0.39 is 0 Å². The van der Waals surface area contributed by atoms with Crippen molar-refractivity contribution in [3.05, 3.63) is 59.3 Å². The average molecular weight is 357 g/mol. The molecular formula is C19H17ClN2O3. The Labute approximate surface area is 150 Å². The van der Waals surface area contributed by atoms with E-state index in [0.29, 0.717) is 29.4 Å². The summed E-state index contributed by atoms with van der Waals surface area (Å²) in [5, 5.41) is 5.40. The quantitative estimate of drug-likeness (QED) is 0.707. The van der Waals surface area contributed by atoms with Gasteiger partial charge in [0.2, 0.25) is 5.76 Å². The van der Waals surface area contributed by atoms with E-state index in [1.165, 1.54) is 0 Å². The number of benzene rings is 2. The maximum atomic E-state index is 12.7. The fourth-order valence-electron chi connectivity index (χ4n) is 3.07. The number of nitrogens with zero attached hydrogens (tertiary/aromatic N) is 2. The molecule has 128 valence electrons. The summed E-state index contributed by atoms with van der Waals surface area (Å²) in [6.45, 7) is 1.26. The lowest BCUT2D eigenvalue weighted by Crippen LogP contribution is -2.41. The number of carbonyl (C=O) groups excluding carboxylic acids is 1. The standard InChI is InChI=1S/C19H17ClN2O3/c20-13-5-7-14(8-6-13)24-15-9-11-22(12-10-15)19(23)18-16-3-1-2-4-17(16)21-25-18/h1-8,15H,9-12H2. The van der Waals surface area contributed by atoms with E-state index in [0.717, 1.165) is 24.0 Å². The van der Waals surface area contributed by atoms with E-state index in [1.807, 2.05) is 48.5 Å². The summed E-state index contributed by atoms with van der Waals surface area (Å²) in [6, 6.07) is 14.8. The molecule has 3 aromatic rings. The number of fused-ring (bicyclic) bond motifs is 1. The van der Waals surface area contributed by atoms with Crippen molar-refractivity contribution in [2.45, 2.75) is 18.9 Å². The second-order valence-corrected chi connectivity index (χ2v) is 6.53. The first-order valence-electron chi connectivity index (χ1n) is 8.26. The molecule has 1 saturated heterocycles. The highest BCUT2D eigenvalue weighted by molar-refractivity contribution is 6.30. The number of hydrogen-bond acceptors (Lipinski definition) is 4. The van der Waals surface area contributed by atoms with Crippen LogP contribution in [-0.2, 0) is 0 Å². The summed E-state index contributed by atoms with van der Waals surface area (Å²) in [6.07, 6.45) is 1.65. The van der Waals surface area contributed by atoms with Crippen molar-refractivity contribution < 1.29 is 14.1 Å². The molecule has 2 heterocycles. The summed E-state index contributed by atoms with van der Waals surface area (Å²) < 4.78 is 11.2. The molecule has 1 aliphatic rings. The van der Waals surface area contributed by atoms with Crippen LogP contribution in [0.4, 0.5) is 0 Å². The van der Waals surface area contributed by atoms with Crippen molar-refractivity contribution in [1.82, 2.24) is 10.1 Å². The van der Waals surface area contributed by atoms with E-state index in [4.69, 9.17) is 20.9 Å². The lowest BCUT2D eigenvalue weighted by Gasteiger charge is -2.31. The van der Waals surface area contributed by atoms with E-state index in [-0.39, 0.29) is 12.0 Å². The first kappa shape index (κ1) is 16.0. The SMILES string of the molecule is O=C(c1onc2ccccc12)N1CCC(Oc2ccc(Cl)cc2)CC1. The molecule has 0 saturated carbocycles. The van der Waals surface area contributed by atoms with Gasteiger partial charge in [0.1, 0.15) is 17.4 Å². The summed E-state index contributed by atoms with van der Waals surface area (Å²) in [5.74, 6) is 1.00. The molecule has 0 unspecified atom stereocenters. The summed E-state index contributed by atoms with van der Waals surface area (Å²) in [5.41, 5.74) is 0.701. The molecule has 1 aliphatic heterocycles. The first-order valence-corrected chi connectivity index (χ1v) is 8.64. The Morgan fingerprint density at radius 1 is 1.12 bits per heavy atom. The number of carbonyl (C=O) groups is 1. The Hall–Kier alpha value is -2.53. The highest BCUT2D eigenvalue weighted by atomic mass is 35.5. The van der Waals surface area contributed by atoms with Gasteiger partial charge in [0.25, 0.3) is 5.91 Å². The lowest BCUT2D eigenvalue weighted by molar-refractivity contribution is 0.0561. The Morgan fingerprint density at radius 2 is 1.84 bits per heavy atom. The van der Waals surface area contributed by atoms with Crippen LogP contribution in [0.15, 0.2) is 53.1 Å². The van der Waals surface area contributed by atoms with Crippen molar-refractivity contribution >= 4 is 28.4 Å². The van der Waals surface area contributed by atoms with E-state index in [2.05, 4.69) is 5.16 Å². The van der Waals surface area contributed by atoms with Crippen molar-refractivity contribution in [3.63, 3.8) is 0 Å². The third kappa shape index (κ3) is 3.33. The van der Waals surface area contributed by atoms with Crippen LogP contribution in [0.5, 0.6) is 5.75 Å². The Kier molecular flexibility index (Phi) is 4.32. The van der Waals surface area contributed by atoms with Gasteiger partial charge in [0.15, 0.2) is 0 Å². The highest BCUT2D eigenvalue weighted by Crippen LogP contribution is 2.24. The molecule has 2 aromatic carbocycles. The minimum Gasteiger partial charge on any atom is -0.490 e. The van der Waals surface area contributed by atoms with Gasteiger partial charge in [-0.3, -0.25) is 4.79 Å². The Balaban J connectivity index is 1.39. The number of likely N-dealkylation sites (tertiary alicyclic amines) is 1. The zero-order valence-corrected chi connectivity index (χ0v) is 14.3. The molecule has 0 aliphatic carbocycles. The van der Waals surface area contributed by atoms with Crippen molar-refractivity contribution in [2.75, 3.05) is 13.1 Å². The summed E-state index contributed by atoms with van der Waals surface area (Å²) in [7, 11) is 0. The molecule has 0 spiro atoms. The normalized spacial score (nSPS) is 15.5. The van der Waals surface area contributed by atoms with Gasteiger partial charge in [-0.1, -0.05) is 28.9 Å². The predicted octanol–water partition coefficient (Wildman–Crippen LogP) is 4.16. The maximum absolute atomic E-state index is 12.7. The van der Waals surface area contributed by atoms with Crippen LogP contribution >= 0.6 is 11.6 Å². The molecule has 6 heteroatoms. The number of hydrogen-bond donors (Lipinski definition) is 0. The summed E-state index contributed by atoms with van der Waals surface area (Å²) in [4.78, 5) is 14.5. The Bertz CT molecular complexity index is 883. The second-order valence-electron chi connectivity index (χ2n) is 6.09. The molecule has 0 N–H and O–H groups in total. The third-order valence-electron chi connectivity index (χ3n) is 4.42. The fourth-order valence-corrected chi connectivity index (χ4v) is 3.20. The summed E-state index contributed by atoms with van der Waals surface area (Å²) >= 11 is 5.88. The van der Waals surface area contributed by atoms with Gasteiger partial charge < -0.3 is 14.2 Å². The third-order valence-corrected chi connectivity index (χ3v) is 4.68. The molecule has 0 radical (unpaired) electrons. The number of rotatable bonds is 3. The van der Waals surface area contributed by atoms with Crippen LogP contribution in [0, 0.1) is 0 Å². The van der Waals surface area contributed by atoms with Crippen LogP contribution in [0.3, 0.4) is 0 Å². The van der Waals surface area contributed by atoms with E-state index in [1.54, 1.807) is 4.90 Å². The van der Waals surface area contributed by atoms with Gasteiger partial charge in [0.05, 0.1) is 5.39 Å². The fraction of sp³-hybridized carbons (Fsp3) is 0.263. The molecule has 5 nitrogen and oxygen atoms in total. The van der Waals surface area contributed by atoms with Crippen LogP contribution in [0.25, 0.3) is 10.9 Å². The van der Waals surface area contributed by atoms with Gasteiger partial charge in [-0.2, -0.15) is 0 Å². The smallest absolute Gasteiger partial charge is 0.293 e. The van der Waals surface area contributed by atoms with Gasteiger partial charge in [-0.15, -0.1) is 0 Å². The molecule has 25 heavy (non-hydrogen) atoms. The second kappa shape index (κ2) is 6.76. The van der Waals surface area contributed by atoms with Crippen molar-refractivity contribution in [3.8, 4) is 5.75 Å². The lowest BCUT2D eigenvalue weighted by atomic mass is 10.1. The molecular weight excluding hydrogens is 340 g/mol. The zero-order chi connectivity index (χ0) is 17.2. The minimum absolute atomic E-state index is 0.0942. The first-order chi connectivity index (χ1) is 12.2. The van der Waals surface area contributed by atoms with Gasteiger partial charge in [-0.25, -0.2) is 0 Å². The molecule has 1 fully saturated rings. The molecule has 0 atom stereocenters. The number of halogens is 1. The maximum Gasteiger partial charge on any atom is 0.293 e. The van der Waals surface area contributed by atoms with Crippen molar-refractivity contribution in [2.24, 2.45) is 0 Å². The minimum atomic E-state index is -0.112. The monoisotopic (exact) mass is 356 g/mol. The average Bonchev–Trinajstić information content (AvgIpc) is 3.08.